The van der Waals surface area contributed by atoms with E-state index in [0.29, 0.717) is 23.9 Å². The molecule has 7 nitrogen and oxygen atoms in total. The molecule has 0 radical (unpaired) electrons. The van der Waals surface area contributed by atoms with E-state index in [-0.39, 0.29) is 24.6 Å². The number of likely N-dealkylation sites (tertiary alicyclic amines) is 1. The minimum Gasteiger partial charge on any atom is -0.386 e. The fourth-order valence-electron chi connectivity index (χ4n) is 3.27. The molecule has 1 aliphatic heterocycles. The van der Waals surface area contributed by atoms with Crippen LogP contribution in [0.5, 0.6) is 0 Å². The Morgan fingerprint density at radius 2 is 2.24 bits per heavy atom. The van der Waals surface area contributed by atoms with Crippen molar-refractivity contribution in [2.75, 3.05) is 13.1 Å². The van der Waals surface area contributed by atoms with Gasteiger partial charge in [-0.3, -0.25) is 9.78 Å². The second kappa shape index (κ2) is 5.89. The van der Waals surface area contributed by atoms with Crippen molar-refractivity contribution in [2.24, 2.45) is 0 Å². The molecule has 1 aromatic carbocycles. The van der Waals surface area contributed by atoms with Gasteiger partial charge in [0.2, 0.25) is 0 Å². The minimum absolute atomic E-state index is 0.149. The van der Waals surface area contributed by atoms with E-state index in [1.165, 1.54) is 27.9 Å². The number of rotatable bonds is 3. The number of carbonyl (C=O) groups excluding carboxylic acids is 1. The highest BCUT2D eigenvalue weighted by atomic mass is 19.1. The van der Waals surface area contributed by atoms with Crippen molar-refractivity contribution in [2.45, 2.75) is 18.6 Å². The van der Waals surface area contributed by atoms with Gasteiger partial charge in [0.15, 0.2) is 0 Å². The van der Waals surface area contributed by atoms with E-state index in [9.17, 15) is 14.3 Å². The Labute approximate surface area is 142 Å². The second-order valence-corrected chi connectivity index (χ2v) is 6.33. The molecule has 8 heteroatoms. The molecule has 1 amide bonds. The number of hydrogen-bond acceptors (Lipinski definition) is 5. The SMILES string of the molecule is O=C(c1cc(F)cc2cccnc12)N1CCC(O)(Cn2ccnn2)C1. The number of pyridine rings is 1. The molecule has 0 bridgehead atoms. The van der Waals surface area contributed by atoms with E-state index in [0.717, 1.165) is 0 Å². The molecule has 3 aromatic rings. The molecule has 128 valence electrons. The van der Waals surface area contributed by atoms with Gasteiger partial charge in [0.05, 0.1) is 30.4 Å². The summed E-state index contributed by atoms with van der Waals surface area (Å²) in [4.78, 5) is 18.6. The first kappa shape index (κ1) is 15.6. The van der Waals surface area contributed by atoms with Gasteiger partial charge in [0.1, 0.15) is 11.4 Å². The summed E-state index contributed by atoms with van der Waals surface area (Å²) in [5.41, 5.74) is -0.416. The summed E-state index contributed by atoms with van der Waals surface area (Å²) in [5, 5.41) is 18.9. The summed E-state index contributed by atoms with van der Waals surface area (Å²) in [6.45, 7) is 0.782. The molecule has 1 atom stereocenters. The summed E-state index contributed by atoms with van der Waals surface area (Å²) < 4.78 is 15.4. The van der Waals surface area contributed by atoms with Crippen LogP contribution in [0.3, 0.4) is 0 Å². The van der Waals surface area contributed by atoms with Crippen molar-refractivity contribution in [3.63, 3.8) is 0 Å². The largest absolute Gasteiger partial charge is 0.386 e. The lowest BCUT2D eigenvalue weighted by atomic mass is 10.0. The van der Waals surface area contributed by atoms with Crippen LogP contribution in [0, 0.1) is 5.82 Å². The number of amides is 1. The van der Waals surface area contributed by atoms with Gasteiger partial charge in [-0.2, -0.15) is 0 Å². The van der Waals surface area contributed by atoms with Crippen LogP contribution in [0.4, 0.5) is 4.39 Å². The number of aliphatic hydroxyl groups is 1. The Bertz CT molecular complexity index is 930. The monoisotopic (exact) mass is 341 g/mol. The van der Waals surface area contributed by atoms with E-state index in [4.69, 9.17) is 0 Å². The fraction of sp³-hybridized carbons (Fsp3) is 0.294. The van der Waals surface area contributed by atoms with Crippen LogP contribution in [-0.4, -0.2) is 54.6 Å². The Morgan fingerprint density at radius 1 is 1.36 bits per heavy atom. The van der Waals surface area contributed by atoms with Gasteiger partial charge in [-0.25, -0.2) is 9.07 Å². The lowest BCUT2D eigenvalue weighted by molar-refractivity contribution is 0.0267. The maximum atomic E-state index is 13.9. The highest BCUT2D eigenvalue weighted by Gasteiger charge is 2.39. The van der Waals surface area contributed by atoms with Crippen LogP contribution >= 0.6 is 0 Å². The van der Waals surface area contributed by atoms with Crippen LogP contribution in [0.2, 0.25) is 0 Å². The molecular weight excluding hydrogens is 325 g/mol. The maximum Gasteiger partial charge on any atom is 0.256 e. The van der Waals surface area contributed by atoms with Crippen LogP contribution < -0.4 is 0 Å². The van der Waals surface area contributed by atoms with E-state index < -0.39 is 11.4 Å². The normalized spacial score (nSPS) is 20.3. The van der Waals surface area contributed by atoms with Crippen molar-refractivity contribution in [3.05, 3.63) is 54.2 Å². The van der Waals surface area contributed by atoms with Gasteiger partial charge < -0.3 is 10.0 Å². The van der Waals surface area contributed by atoms with Gasteiger partial charge in [-0.1, -0.05) is 11.3 Å². The van der Waals surface area contributed by atoms with Crippen molar-refractivity contribution < 1.29 is 14.3 Å². The quantitative estimate of drug-likeness (QED) is 0.775. The summed E-state index contributed by atoms with van der Waals surface area (Å²) in [5.74, 6) is -0.821. The number of benzene rings is 1. The number of β-amino-alcohol motifs (C(OH)–C–C–N with tert-alkyl or cyclic N) is 1. The molecule has 0 saturated carbocycles. The second-order valence-electron chi connectivity index (χ2n) is 6.33. The Kier molecular flexibility index (Phi) is 3.69. The molecule has 1 N–H and O–H groups in total. The van der Waals surface area contributed by atoms with Crippen molar-refractivity contribution >= 4 is 16.8 Å². The third kappa shape index (κ3) is 2.96. The molecule has 25 heavy (non-hydrogen) atoms. The van der Waals surface area contributed by atoms with Gasteiger partial charge in [-0.05, 0) is 24.6 Å². The zero-order valence-corrected chi connectivity index (χ0v) is 13.3. The number of carbonyl (C=O) groups is 1. The van der Waals surface area contributed by atoms with Crippen LogP contribution in [0.1, 0.15) is 16.8 Å². The zero-order chi connectivity index (χ0) is 17.4. The molecule has 3 heterocycles. The topological polar surface area (TPSA) is 84.1 Å². The summed E-state index contributed by atoms with van der Waals surface area (Å²) in [7, 11) is 0. The molecule has 1 unspecified atom stereocenters. The summed E-state index contributed by atoms with van der Waals surface area (Å²) in [6.07, 6.45) is 5.18. The van der Waals surface area contributed by atoms with Gasteiger partial charge in [-0.15, -0.1) is 5.10 Å². The average molecular weight is 341 g/mol. The highest BCUT2D eigenvalue weighted by molar-refractivity contribution is 6.05. The standard InChI is InChI=1S/C17H16FN5O2/c18-13-8-12-2-1-4-19-15(12)14(9-13)16(24)22-6-3-17(25,10-22)11-23-7-5-20-21-23/h1-2,4-5,7-9,25H,3,6,10-11H2. The molecule has 2 aromatic heterocycles. The predicted octanol–water partition coefficient (Wildman–Crippen LogP) is 1.24. The van der Waals surface area contributed by atoms with E-state index >= 15 is 0 Å². The van der Waals surface area contributed by atoms with Crippen LogP contribution in [0.15, 0.2) is 42.9 Å². The average Bonchev–Trinajstić information content (AvgIpc) is 3.23. The number of hydrogen-bond donors (Lipinski definition) is 1. The van der Waals surface area contributed by atoms with Crippen molar-refractivity contribution in [3.8, 4) is 0 Å². The van der Waals surface area contributed by atoms with E-state index in [1.54, 1.807) is 24.5 Å². The summed E-state index contributed by atoms with van der Waals surface area (Å²) >= 11 is 0. The number of aromatic nitrogens is 4. The Morgan fingerprint density at radius 3 is 3.04 bits per heavy atom. The number of nitrogens with zero attached hydrogens (tertiary/aromatic N) is 5. The third-order valence-electron chi connectivity index (χ3n) is 4.45. The maximum absolute atomic E-state index is 13.9. The molecule has 1 aliphatic rings. The fourth-order valence-corrected chi connectivity index (χ4v) is 3.27. The van der Waals surface area contributed by atoms with Crippen molar-refractivity contribution in [1.82, 2.24) is 24.9 Å². The van der Waals surface area contributed by atoms with Crippen LogP contribution in [-0.2, 0) is 6.54 Å². The Hall–Kier alpha value is -2.87. The van der Waals surface area contributed by atoms with Crippen molar-refractivity contribution in [1.29, 1.82) is 0 Å². The first-order valence-corrected chi connectivity index (χ1v) is 7.94. The zero-order valence-electron chi connectivity index (χ0n) is 13.3. The van der Waals surface area contributed by atoms with Gasteiger partial charge in [0.25, 0.3) is 5.91 Å². The molecule has 0 aliphatic carbocycles. The number of fused-ring (bicyclic) bond motifs is 1. The van der Waals surface area contributed by atoms with Crippen LogP contribution in [0.25, 0.3) is 10.9 Å². The predicted molar refractivity (Wildman–Crippen MR) is 87.2 cm³/mol. The molecule has 1 fully saturated rings. The first-order valence-electron chi connectivity index (χ1n) is 7.94. The molecule has 1 saturated heterocycles. The first-order chi connectivity index (χ1) is 12.0. The Balaban J connectivity index is 1.60. The highest BCUT2D eigenvalue weighted by Crippen LogP contribution is 2.27. The molecule has 0 spiro atoms. The van der Waals surface area contributed by atoms with Gasteiger partial charge >= 0.3 is 0 Å². The third-order valence-corrected chi connectivity index (χ3v) is 4.45. The lowest BCUT2D eigenvalue weighted by Gasteiger charge is -2.23. The molecular formula is C17H16FN5O2. The van der Waals surface area contributed by atoms with E-state index in [1.807, 2.05) is 0 Å². The smallest absolute Gasteiger partial charge is 0.256 e. The summed E-state index contributed by atoms with van der Waals surface area (Å²) in [6, 6.07) is 5.96. The number of halogens is 1. The minimum atomic E-state index is -1.08. The van der Waals surface area contributed by atoms with Gasteiger partial charge in [0, 0.05) is 24.3 Å². The lowest BCUT2D eigenvalue weighted by Crippen LogP contribution is -2.39. The van der Waals surface area contributed by atoms with E-state index in [2.05, 4.69) is 15.3 Å². The molecule has 4 rings (SSSR count).